The van der Waals surface area contributed by atoms with Crippen molar-refractivity contribution in [3.05, 3.63) is 42.1 Å². The van der Waals surface area contributed by atoms with Gasteiger partial charge in [0.2, 0.25) is 15.0 Å². The molecule has 0 aliphatic carbocycles. The van der Waals surface area contributed by atoms with Crippen LogP contribution in [0.1, 0.15) is 12.0 Å². The molecule has 3 rings (SSSR count). The van der Waals surface area contributed by atoms with Gasteiger partial charge in [0.1, 0.15) is 11.6 Å². The zero-order valence-corrected chi connectivity index (χ0v) is 14.0. The fourth-order valence-electron chi connectivity index (χ4n) is 2.82. The first-order chi connectivity index (χ1) is 11.4. The third-order valence-corrected chi connectivity index (χ3v) is 5.01. The number of halogens is 1. The summed E-state index contributed by atoms with van der Waals surface area (Å²) in [6, 6.07) is 11.1. The quantitative estimate of drug-likeness (QED) is 0.769. The molecule has 1 unspecified atom stereocenters. The van der Waals surface area contributed by atoms with E-state index in [9.17, 15) is 18.5 Å². The number of para-hydroxylation sites is 1. The molecule has 2 aromatic rings. The molecule has 0 radical (unpaired) electrons. The molecule has 1 aromatic carbocycles. The largest absolute Gasteiger partial charge is 0.295 e. The predicted molar refractivity (Wildman–Crippen MR) is 88.4 cm³/mol. The Morgan fingerprint density at radius 3 is 2.67 bits per heavy atom. The van der Waals surface area contributed by atoms with Crippen LogP contribution in [-0.4, -0.2) is 36.4 Å². The van der Waals surface area contributed by atoms with Crippen LogP contribution in [0.25, 0.3) is 5.69 Å². The molecular weight excluding hydrogens is 352 g/mol. The van der Waals surface area contributed by atoms with E-state index in [0.717, 1.165) is 0 Å². The standard InChI is InChI=1S/C15H13ClN4O3S/c16-24(22,23)10-11-6-14(21)19(9-11)15-12(7-17)8-18-20(15)13-4-2-1-3-5-13/h1-5,8,11H,6,9-10H2. The molecule has 0 bridgehead atoms. The van der Waals surface area contributed by atoms with Crippen LogP contribution in [0.3, 0.4) is 0 Å². The molecule has 1 aliphatic heterocycles. The fraction of sp³-hybridized carbons (Fsp3) is 0.267. The van der Waals surface area contributed by atoms with E-state index in [1.165, 1.54) is 15.8 Å². The highest BCUT2D eigenvalue weighted by Crippen LogP contribution is 2.30. The van der Waals surface area contributed by atoms with Gasteiger partial charge in [-0.25, -0.2) is 13.1 Å². The molecule has 9 heteroatoms. The molecule has 0 saturated carbocycles. The van der Waals surface area contributed by atoms with Gasteiger partial charge in [0.15, 0.2) is 5.82 Å². The fourth-order valence-corrected chi connectivity index (χ4v) is 4.14. The van der Waals surface area contributed by atoms with E-state index < -0.39 is 15.0 Å². The Morgan fingerprint density at radius 2 is 2.04 bits per heavy atom. The van der Waals surface area contributed by atoms with E-state index in [2.05, 4.69) is 5.10 Å². The van der Waals surface area contributed by atoms with Crippen LogP contribution >= 0.6 is 10.7 Å². The minimum Gasteiger partial charge on any atom is -0.295 e. The van der Waals surface area contributed by atoms with Gasteiger partial charge >= 0.3 is 0 Å². The highest BCUT2D eigenvalue weighted by molar-refractivity contribution is 8.13. The van der Waals surface area contributed by atoms with Crippen LogP contribution < -0.4 is 4.90 Å². The smallest absolute Gasteiger partial charge is 0.232 e. The summed E-state index contributed by atoms with van der Waals surface area (Å²) in [5.74, 6) is -0.596. The molecule has 124 valence electrons. The Bertz CT molecular complexity index is 918. The van der Waals surface area contributed by atoms with Crippen molar-refractivity contribution in [3.8, 4) is 11.8 Å². The van der Waals surface area contributed by atoms with Crippen LogP contribution in [0, 0.1) is 17.2 Å². The first-order valence-electron chi connectivity index (χ1n) is 7.15. The van der Waals surface area contributed by atoms with Gasteiger partial charge in [0.25, 0.3) is 0 Å². The molecule has 1 saturated heterocycles. The van der Waals surface area contributed by atoms with Crippen LogP contribution in [0.2, 0.25) is 0 Å². The summed E-state index contributed by atoms with van der Waals surface area (Å²) in [5, 5.41) is 13.5. The highest BCUT2D eigenvalue weighted by atomic mass is 35.7. The van der Waals surface area contributed by atoms with Crippen molar-refractivity contribution in [2.45, 2.75) is 6.42 Å². The third kappa shape index (κ3) is 3.27. The first-order valence-corrected chi connectivity index (χ1v) is 9.63. The zero-order valence-electron chi connectivity index (χ0n) is 12.5. The Labute approximate surface area is 143 Å². The van der Waals surface area contributed by atoms with Gasteiger partial charge in [0, 0.05) is 29.6 Å². The summed E-state index contributed by atoms with van der Waals surface area (Å²) in [4.78, 5) is 13.8. The van der Waals surface area contributed by atoms with Crippen molar-refractivity contribution in [1.82, 2.24) is 9.78 Å². The van der Waals surface area contributed by atoms with Crippen LogP contribution in [0.4, 0.5) is 5.82 Å². The van der Waals surface area contributed by atoms with E-state index in [1.54, 1.807) is 12.1 Å². The summed E-state index contributed by atoms with van der Waals surface area (Å²) >= 11 is 0. The van der Waals surface area contributed by atoms with Gasteiger partial charge in [-0.1, -0.05) is 18.2 Å². The summed E-state index contributed by atoms with van der Waals surface area (Å²) < 4.78 is 24.0. The number of rotatable bonds is 4. The second kappa shape index (κ2) is 6.26. The third-order valence-electron chi connectivity index (χ3n) is 3.76. The molecule has 0 spiro atoms. The number of benzene rings is 1. The van der Waals surface area contributed by atoms with Crippen molar-refractivity contribution in [1.29, 1.82) is 5.26 Å². The second-order valence-electron chi connectivity index (χ2n) is 5.52. The summed E-state index contributed by atoms with van der Waals surface area (Å²) in [6.07, 6.45) is 1.46. The van der Waals surface area contributed by atoms with Crippen molar-refractivity contribution >= 4 is 31.5 Å². The van der Waals surface area contributed by atoms with Gasteiger partial charge in [-0.15, -0.1) is 0 Å². The van der Waals surface area contributed by atoms with Gasteiger partial charge in [-0.2, -0.15) is 10.4 Å². The second-order valence-corrected chi connectivity index (χ2v) is 8.34. The summed E-state index contributed by atoms with van der Waals surface area (Å²) in [7, 11) is 1.60. The molecule has 2 heterocycles. The Kier molecular flexibility index (Phi) is 4.30. The Morgan fingerprint density at radius 1 is 1.33 bits per heavy atom. The maximum Gasteiger partial charge on any atom is 0.232 e. The van der Waals surface area contributed by atoms with Crippen molar-refractivity contribution in [2.75, 3.05) is 17.2 Å². The SMILES string of the molecule is N#Cc1cnn(-c2ccccc2)c1N1CC(CS(=O)(=O)Cl)CC1=O. The molecule has 24 heavy (non-hydrogen) atoms. The number of anilines is 1. The maximum absolute atomic E-state index is 12.4. The molecule has 1 amide bonds. The molecule has 1 atom stereocenters. The van der Waals surface area contributed by atoms with Crippen LogP contribution in [0.5, 0.6) is 0 Å². The van der Waals surface area contributed by atoms with Crippen molar-refractivity contribution in [2.24, 2.45) is 5.92 Å². The van der Waals surface area contributed by atoms with Crippen molar-refractivity contribution < 1.29 is 13.2 Å². The lowest BCUT2D eigenvalue weighted by Crippen LogP contribution is -2.28. The number of nitriles is 1. The maximum atomic E-state index is 12.4. The minimum absolute atomic E-state index is 0.0663. The molecule has 1 fully saturated rings. The zero-order chi connectivity index (χ0) is 17.3. The van der Waals surface area contributed by atoms with Gasteiger partial charge < -0.3 is 0 Å². The number of carbonyl (C=O) groups is 1. The average molecular weight is 365 g/mol. The topological polar surface area (TPSA) is 96.1 Å². The molecule has 0 N–H and O–H groups in total. The predicted octanol–water partition coefficient (Wildman–Crippen LogP) is 1.67. The van der Waals surface area contributed by atoms with E-state index in [-0.39, 0.29) is 30.2 Å². The number of amides is 1. The van der Waals surface area contributed by atoms with Crippen LogP contribution in [-0.2, 0) is 13.8 Å². The van der Waals surface area contributed by atoms with Gasteiger partial charge in [-0.05, 0) is 12.1 Å². The van der Waals surface area contributed by atoms with Gasteiger partial charge in [-0.3, -0.25) is 9.69 Å². The Hall–Kier alpha value is -2.37. The molecule has 1 aromatic heterocycles. The number of hydrogen-bond donors (Lipinski definition) is 0. The minimum atomic E-state index is -3.70. The molecular formula is C15H13ClN4O3S. The molecule has 7 nitrogen and oxygen atoms in total. The van der Waals surface area contributed by atoms with Crippen molar-refractivity contribution in [3.63, 3.8) is 0 Å². The van der Waals surface area contributed by atoms with Crippen LogP contribution in [0.15, 0.2) is 36.5 Å². The highest BCUT2D eigenvalue weighted by Gasteiger charge is 2.36. The number of aromatic nitrogens is 2. The molecule has 1 aliphatic rings. The van der Waals surface area contributed by atoms with E-state index in [4.69, 9.17) is 10.7 Å². The lowest BCUT2D eigenvalue weighted by Gasteiger charge is -2.18. The van der Waals surface area contributed by atoms with E-state index >= 15 is 0 Å². The lowest BCUT2D eigenvalue weighted by molar-refractivity contribution is -0.117. The summed E-state index contributed by atoms with van der Waals surface area (Å²) in [5.41, 5.74) is 0.955. The number of hydrogen-bond acceptors (Lipinski definition) is 5. The monoisotopic (exact) mass is 364 g/mol. The van der Waals surface area contributed by atoms with E-state index in [1.807, 2.05) is 24.3 Å². The number of carbonyl (C=O) groups excluding carboxylic acids is 1. The number of nitrogens with zero attached hydrogens (tertiary/aromatic N) is 4. The van der Waals surface area contributed by atoms with E-state index in [0.29, 0.717) is 11.5 Å². The normalized spacial score (nSPS) is 17.9. The average Bonchev–Trinajstić information content (AvgIpc) is 3.09. The summed E-state index contributed by atoms with van der Waals surface area (Å²) in [6.45, 7) is 0.179. The Balaban J connectivity index is 1.99. The first kappa shape index (κ1) is 16.5. The lowest BCUT2D eigenvalue weighted by atomic mass is 10.1. The van der Waals surface area contributed by atoms with Gasteiger partial charge in [0.05, 0.1) is 17.6 Å².